The minimum atomic E-state index is 0.621. The highest BCUT2D eigenvalue weighted by Crippen LogP contribution is 2.47. The van der Waals surface area contributed by atoms with Crippen molar-refractivity contribution in [2.24, 2.45) is 5.41 Å². The molecule has 0 amide bonds. The van der Waals surface area contributed by atoms with Gasteiger partial charge in [-0.15, -0.1) is 0 Å². The first-order valence-electron chi connectivity index (χ1n) is 7.28. The van der Waals surface area contributed by atoms with E-state index in [1.165, 1.54) is 30.2 Å². The second kappa shape index (κ2) is 4.93. The normalized spacial score (nSPS) is 16.7. The molecule has 100 valence electrons. The maximum atomic E-state index is 4.54. The van der Waals surface area contributed by atoms with Gasteiger partial charge in [0.05, 0.1) is 5.52 Å². The van der Waals surface area contributed by atoms with Crippen molar-refractivity contribution in [2.75, 3.05) is 6.54 Å². The van der Waals surface area contributed by atoms with Gasteiger partial charge in [-0.2, -0.15) is 0 Å². The van der Waals surface area contributed by atoms with Crippen LogP contribution in [0, 0.1) is 12.3 Å². The van der Waals surface area contributed by atoms with E-state index in [2.05, 4.69) is 47.6 Å². The molecule has 0 bridgehead atoms. The molecular weight excluding hydrogens is 232 g/mol. The molecule has 2 aromatic rings. The van der Waals surface area contributed by atoms with E-state index in [9.17, 15) is 0 Å². The van der Waals surface area contributed by atoms with Crippen molar-refractivity contribution < 1.29 is 0 Å². The number of hydrogen-bond acceptors (Lipinski definition) is 2. The molecule has 0 unspecified atom stereocenters. The second-order valence-corrected chi connectivity index (χ2v) is 5.94. The first-order valence-corrected chi connectivity index (χ1v) is 7.28. The van der Waals surface area contributed by atoms with Gasteiger partial charge in [-0.05, 0) is 55.4 Å². The fourth-order valence-corrected chi connectivity index (χ4v) is 2.69. The van der Waals surface area contributed by atoms with Crippen LogP contribution in [0.15, 0.2) is 30.3 Å². The number of rotatable bonds is 5. The van der Waals surface area contributed by atoms with Crippen LogP contribution in [-0.4, -0.2) is 11.5 Å². The summed E-state index contributed by atoms with van der Waals surface area (Å²) in [6.45, 7) is 6.46. The van der Waals surface area contributed by atoms with Gasteiger partial charge in [0.1, 0.15) is 0 Å². The van der Waals surface area contributed by atoms with Crippen LogP contribution in [0.5, 0.6) is 0 Å². The van der Waals surface area contributed by atoms with Gasteiger partial charge in [-0.3, -0.25) is 4.98 Å². The van der Waals surface area contributed by atoms with Crippen molar-refractivity contribution >= 4 is 10.9 Å². The SMILES string of the molecule is CCC1(CNCc2ccc3nc(C)ccc3c2)CC1. The molecule has 1 heterocycles. The average Bonchev–Trinajstić information content (AvgIpc) is 3.19. The highest BCUT2D eigenvalue weighted by atomic mass is 14.9. The van der Waals surface area contributed by atoms with Crippen LogP contribution in [0.1, 0.15) is 37.4 Å². The number of aryl methyl sites for hydroxylation is 1. The van der Waals surface area contributed by atoms with Crippen molar-refractivity contribution in [1.29, 1.82) is 0 Å². The predicted octanol–water partition coefficient (Wildman–Crippen LogP) is 3.82. The van der Waals surface area contributed by atoms with Gasteiger partial charge in [0.2, 0.25) is 0 Å². The highest BCUT2D eigenvalue weighted by Gasteiger charge is 2.39. The minimum absolute atomic E-state index is 0.621. The summed E-state index contributed by atoms with van der Waals surface area (Å²) >= 11 is 0. The Bertz CT molecular complexity index is 585. The van der Waals surface area contributed by atoms with Crippen LogP contribution in [-0.2, 0) is 6.54 Å². The zero-order valence-electron chi connectivity index (χ0n) is 11.9. The molecule has 1 aliphatic rings. The van der Waals surface area contributed by atoms with E-state index in [0.717, 1.165) is 24.3 Å². The van der Waals surface area contributed by atoms with Crippen molar-refractivity contribution in [3.8, 4) is 0 Å². The van der Waals surface area contributed by atoms with Crippen LogP contribution in [0.25, 0.3) is 10.9 Å². The number of nitrogens with zero attached hydrogens (tertiary/aromatic N) is 1. The molecule has 1 aromatic carbocycles. The van der Waals surface area contributed by atoms with Crippen molar-refractivity contribution in [3.05, 3.63) is 41.6 Å². The maximum absolute atomic E-state index is 4.54. The quantitative estimate of drug-likeness (QED) is 0.877. The van der Waals surface area contributed by atoms with E-state index in [4.69, 9.17) is 0 Å². The van der Waals surface area contributed by atoms with Gasteiger partial charge in [0, 0.05) is 24.2 Å². The van der Waals surface area contributed by atoms with Crippen LogP contribution >= 0.6 is 0 Å². The third kappa shape index (κ3) is 2.79. The summed E-state index contributed by atoms with van der Waals surface area (Å²) in [7, 11) is 0. The van der Waals surface area contributed by atoms with Crippen molar-refractivity contribution in [1.82, 2.24) is 10.3 Å². The Balaban J connectivity index is 1.66. The monoisotopic (exact) mass is 254 g/mol. The average molecular weight is 254 g/mol. The van der Waals surface area contributed by atoms with E-state index in [1.807, 2.05) is 6.92 Å². The molecule has 0 saturated heterocycles. The molecular formula is C17H22N2. The molecule has 1 fully saturated rings. The summed E-state index contributed by atoms with van der Waals surface area (Å²) in [6, 6.07) is 10.8. The summed E-state index contributed by atoms with van der Waals surface area (Å²) in [5, 5.41) is 4.85. The van der Waals surface area contributed by atoms with E-state index in [1.54, 1.807) is 0 Å². The lowest BCUT2D eigenvalue weighted by Crippen LogP contribution is -2.23. The van der Waals surface area contributed by atoms with Crippen molar-refractivity contribution in [3.63, 3.8) is 0 Å². The van der Waals surface area contributed by atoms with E-state index < -0.39 is 0 Å². The van der Waals surface area contributed by atoms with Gasteiger partial charge in [-0.1, -0.05) is 19.1 Å². The van der Waals surface area contributed by atoms with Gasteiger partial charge in [0.25, 0.3) is 0 Å². The van der Waals surface area contributed by atoms with E-state index in [-0.39, 0.29) is 0 Å². The Morgan fingerprint density at radius 1 is 1.21 bits per heavy atom. The van der Waals surface area contributed by atoms with Gasteiger partial charge in [0.15, 0.2) is 0 Å². The number of nitrogens with one attached hydrogen (secondary N) is 1. The summed E-state index contributed by atoms with van der Waals surface area (Å²) in [5.41, 5.74) is 4.15. The summed E-state index contributed by atoms with van der Waals surface area (Å²) in [5.74, 6) is 0. The Hall–Kier alpha value is -1.41. The topological polar surface area (TPSA) is 24.9 Å². The zero-order chi connectivity index (χ0) is 13.3. The molecule has 0 radical (unpaired) electrons. The first kappa shape index (κ1) is 12.6. The third-order valence-corrected chi connectivity index (χ3v) is 4.43. The van der Waals surface area contributed by atoms with Crippen molar-refractivity contribution in [2.45, 2.75) is 39.7 Å². The smallest absolute Gasteiger partial charge is 0.0705 e. The summed E-state index contributed by atoms with van der Waals surface area (Å²) in [4.78, 5) is 4.54. The lowest BCUT2D eigenvalue weighted by molar-refractivity contribution is 0.443. The molecule has 1 N–H and O–H groups in total. The molecule has 1 aromatic heterocycles. The molecule has 1 aliphatic carbocycles. The van der Waals surface area contributed by atoms with E-state index in [0.29, 0.717) is 5.41 Å². The predicted molar refractivity (Wildman–Crippen MR) is 80.1 cm³/mol. The van der Waals surface area contributed by atoms with Gasteiger partial charge in [-0.25, -0.2) is 0 Å². The molecule has 0 atom stereocenters. The number of benzene rings is 1. The Kier molecular flexibility index (Phi) is 3.28. The Labute approximate surface area is 115 Å². The fraction of sp³-hybridized carbons (Fsp3) is 0.471. The molecule has 1 saturated carbocycles. The number of pyridine rings is 1. The standard InChI is InChI=1S/C17H22N2/c1-3-17(8-9-17)12-18-11-14-5-7-16-15(10-14)6-4-13(2)19-16/h4-7,10,18H,3,8-9,11-12H2,1-2H3. The van der Waals surface area contributed by atoms with Crippen LogP contribution in [0.2, 0.25) is 0 Å². The number of fused-ring (bicyclic) bond motifs is 1. The molecule has 0 aliphatic heterocycles. The van der Waals surface area contributed by atoms with Gasteiger partial charge >= 0.3 is 0 Å². The third-order valence-electron chi connectivity index (χ3n) is 4.43. The second-order valence-electron chi connectivity index (χ2n) is 5.94. The van der Waals surface area contributed by atoms with E-state index >= 15 is 0 Å². The largest absolute Gasteiger partial charge is 0.312 e. The molecule has 2 heteroatoms. The molecule has 19 heavy (non-hydrogen) atoms. The van der Waals surface area contributed by atoms with Crippen LogP contribution in [0.3, 0.4) is 0 Å². The Morgan fingerprint density at radius 3 is 2.79 bits per heavy atom. The first-order chi connectivity index (χ1) is 9.21. The fourth-order valence-electron chi connectivity index (χ4n) is 2.69. The molecule has 0 spiro atoms. The maximum Gasteiger partial charge on any atom is 0.0705 e. The Morgan fingerprint density at radius 2 is 2.05 bits per heavy atom. The number of aromatic nitrogens is 1. The highest BCUT2D eigenvalue weighted by molar-refractivity contribution is 5.79. The molecule has 3 rings (SSSR count). The summed E-state index contributed by atoms with van der Waals surface area (Å²) < 4.78 is 0. The summed E-state index contributed by atoms with van der Waals surface area (Å²) in [6.07, 6.45) is 4.11. The zero-order valence-corrected chi connectivity index (χ0v) is 11.9. The van der Waals surface area contributed by atoms with Crippen LogP contribution < -0.4 is 5.32 Å². The number of hydrogen-bond donors (Lipinski definition) is 1. The molecule has 2 nitrogen and oxygen atoms in total. The lowest BCUT2D eigenvalue weighted by Gasteiger charge is -2.13. The van der Waals surface area contributed by atoms with Gasteiger partial charge < -0.3 is 5.32 Å². The van der Waals surface area contributed by atoms with Crippen LogP contribution in [0.4, 0.5) is 0 Å². The lowest BCUT2D eigenvalue weighted by atomic mass is 10.0. The minimum Gasteiger partial charge on any atom is -0.312 e.